The summed E-state index contributed by atoms with van der Waals surface area (Å²) in [6, 6.07) is 12.4. The van der Waals surface area contributed by atoms with Crippen molar-refractivity contribution in [2.45, 2.75) is 17.2 Å². The number of halogens is 1. The summed E-state index contributed by atoms with van der Waals surface area (Å²) in [6.45, 7) is 2.68. The van der Waals surface area contributed by atoms with E-state index < -0.39 is 0 Å². The van der Waals surface area contributed by atoms with E-state index in [2.05, 4.69) is 52.1 Å². The Morgan fingerprint density at radius 3 is 2.61 bits per heavy atom. The lowest BCUT2D eigenvalue weighted by atomic mass is 10.1. The van der Waals surface area contributed by atoms with Gasteiger partial charge in [-0.25, -0.2) is 4.98 Å². The molecule has 0 aliphatic carbocycles. The van der Waals surface area contributed by atoms with Crippen molar-refractivity contribution in [1.82, 2.24) is 4.98 Å². The first-order chi connectivity index (χ1) is 8.70. The van der Waals surface area contributed by atoms with Gasteiger partial charge in [0.05, 0.1) is 0 Å². The number of pyridine rings is 1. The van der Waals surface area contributed by atoms with Crippen LogP contribution in [0.15, 0.2) is 52.1 Å². The van der Waals surface area contributed by atoms with Gasteiger partial charge in [-0.05, 0) is 40.5 Å². The summed E-state index contributed by atoms with van der Waals surface area (Å²) in [4.78, 5) is 4.37. The van der Waals surface area contributed by atoms with Crippen LogP contribution in [0.2, 0.25) is 0 Å². The molecule has 1 aromatic heterocycles. The molecule has 0 amide bonds. The molecule has 2 aromatic rings. The number of aryl methyl sites for hydroxylation is 1. The van der Waals surface area contributed by atoms with E-state index in [0.717, 1.165) is 9.50 Å². The first-order valence-corrected chi connectivity index (χ1v) is 7.42. The summed E-state index contributed by atoms with van der Waals surface area (Å²) < 4.78 is 1.01. The van der Waals surface area contributed by atoms with Gasteiger partial charge >= 0.3 is 0 Å². The molecule has 1 unspecified atom stereocenters. The lowest BCUT2D eigenvalue weighted by Gasteiger charge is -2.15. The molecular formula is C14H15BrN2S. The smallest absolute Gasteiger partial charge is 0.111 e. The molecule has 0 aliphatic heterocycles. The third-order valence-corrected chi connectivity index (χ3v) is 4.84. The Hall–Kier alpha value is -0.840. The molecule has 1 aromatic carbocycles. The zero-order valence-corrected chi connectivity index (χ0v) is 12.5. The fraction of sp³-hybridized carbons (Fsp3) is 0.214. The second-order valence-corrected chi connectivity index (χ2v) is 6.09. The highest BCUT2D eigenvalue weighted by Gasteiger charge is 2.13. The minimum Gasteiger partial charge on any atom is -0.329 e. The van der Waals surface area contributed by atoms with E-state index >= 15 is 0 Å². The monoisotopic (exact) mass is 322 g/mol. The molecule has 0 fully saturated rings. The molecule has 0 bridgehead atoms. The second kappa shape index (κ2) is 6.36. The third kappa shape index (κ3) is 3.34. The maximum absolute atomic E-state index is 5.88. The van der Waals surface area contributed by atoms with E-state index in [-0.39, 0.29) is 5.25 Å². The number of nitrogens with zero attached hydrogens (tertiary/aromatic N) is 1. The van der Waals surface area contributed by atoms with Gasteiger partial charge in [0.1, 0.15) is 5.03 Å². The van der Waals surface area contributed by atoms with Gasteiger partial charge in [0, 0.05) is 22.5 Å². The highest BCUT2D eigenvalue weighted by molar-refractivity contribution is 9.10. The molecule has 1 atom stereocenters. The van der Waals surface area contributed by atoms with E-state index in [0.29, 0.717) is 6.54 Å². The van der Waals surface area contributed by atoms with Gasteiger partial charge < -0.3 is 5.73 Å². The van der Waals surface area contributed by atoms with Crippen molar-refractivity contribution in [3.05, 3.63) is 58.2 Å². The van der Waals surface area contributed by atoms with Gasteiger partial charge in [-0.1, -0.05) is 41.6 Å². The standard InChI is InChI=1S/C14H15BrN2S/c1-10-4-6-11(7-5-10)13(9-16)18-14-12(15)3-2-8-17-14/h2-8,13H,9,16H2,1H3. The SMILES string of the molecule is Cc1ccc(C(CN)Sc2ncccc2Br)cc1. The fourth-order valence-corrected chi connectivity index (χ4v) is 3.12. The Kier molecular flexibility index (Phi) is 4.80. The van der Waals surface area contributed by atoms with E-state index in [9.17, 15) is 0 Å². The van der Waals surface area contributed by atoms with Crippen molar-refractivity contribution in [2.24, 2.45) is 5.73 Å². The Labute approximate surface area is 120 Å². The van der Waals surface area contributed by atoms with Crippen LogP contribution in [0.1, 0.15) is 16.4 Å². The maximum Gasteiger partial charge on any atom is 0.111 e. The summed E-state index contributed by atoms with van der Waals surface area (Å²) in [5.74, 6) is 0. The van der Waals surface area contributed by atoms with Crippen molar-refractivity contribution in [1.29, 1.82) is 0 Å². The average molecular weight is 323 g/mol. The average Bonchev–Trinajstić information content (AvgIpc) is 2.39. The number of benzene rings is 1. The normalized spacial score (nSPS) is 12.4. The lowest BCUT2D eigenvalue weighted by molar-refractivity contribution is 0.932. The zero-order chi connectivity index (χ0) is 13.0. The predicted molar refractivity (Wildman–Crippen MR) is 80.8 cm³/mol. The highest BCUT2D eigenvalue weighted by Crippen LogP contribution is 2.36. The third-order valence-electron chi connectivity index (χ3n) is 2.64. The van der Waals surface area contributed by atoms with Crippen molar-refractivity contribution in [3.63, 3.8) is 0 Å². The first kappa shape index (κ1) is 13.6. The number of nitrogens with two attached hydrogens (primary N) is 1. The molecule has 2 nitrogen and oxygen atoms in total. The van der Waals surface area contributed by atoms with Crippen molar-refractivity contribution >= 4 is 27.7 Å². The van der Waals surface area contributed by atoms with Crippen LogP contribution in [0.4, 0.5) is 0 Å². The van der Waals surface area contributed by atoms with Gasteiger partial charge in [0.15, 0.2) is 0 Å². The van der Waals surface area contributed by atoms with Gasteiger partial charge in [0.25, 0.3) is 0 Å². The van der Waals surface area contributed by atoms with Crippen LogP contribution in [0, 0.1) is 6.92 Å². The molecule has 0 aliphatic rings. The van der Waals surface area contributed by atoms with E-state index in [4.69, 9.17) is 5.73 Å². The zero-order valence-electron chi connectivity index (χ0n) is 10.1. The molecule has 2 rings (SSSR count). The van der Waals surface area contributed by atoms with Crippen LogP contribution in [0.5, 0.6) is 0 Å². The molecule has 4 heteroatoms. The summed E-state index contributed by atoms with van der Waals surface area (Å²) in [7, 11) is 0. The molecule has 2 N–H and O–H groups in total. The Morgan fingerprint density at radius 2 is 2.00 bits per heavy atom. The van der Waals surface area contributed by atoms with Crippen molar-refractivity contribution < 1.29 is 0 Å². The second-order valence-electron chi connectivity index (χ2n) is 4.04. The maximum atomic E-state index is 5.88. The predicted octanol–water partition coefficient (Wildman–Crippen LogP) is 3.94. The molecule has 18 heavy (non-hydrogen) atoms. The van der Waals surface area contributed by atoms with E-state index in [1.54, 1.807) is 18.0 Å². The number of thioether (sulfide) groups is 1. The largest absolute Gasteiger partial charge is 0.329 e. The van der Waals surface area contributed by atoms with Gasteiger partial charge in [-0.2, -0.15) is 0 Å². The minimum atomic E-state index is 0.233. The number of rotatable bonds is 4. The first-order valence-electron chi connectivity index (χ1n) is 5.74. The summed E-state index contributed by atoms with van der Waals surface area (Å²) in [6.07, 6.45) is 1.80. The van der Waals surface area contributed by atoms with E-state index in [1.807, 2.05) is 12.1 Å². The quantitative estimate of drug-likeness (QED) is 0.866. The minimum absolute atomic E-state index is 0.233. The topological polar surface area (TPSA) is 38.9 Å². The van der Waals surface area contributed by atoms with E-state index in [1.165, 1.54) is 11.1 Å². The summed E-state index contributed by atoms with van der Waals surface area (Å²) >= 11 is 5.21. The van der Waals surface area contributed by atoms with Crippen LogP contribution in [0.25, 0.3) is 0 Å². The Bertz CT molecular complexity index is 513. The van der Waals surface area contributed by atoms with Crippen LogP contribution < -0.4 is 5.73 Å². The number of hydrogen-bond acceptors (Lipinski definition) is 3. The Balaban J connectivity index is 2.20. The lowest BCUT2D eigenvalue weighted by Crippen LogP contribution is -2.09. The number of hydrogen-bond donors (Lipinski definition) is 1. The molecule has 0 saturated carbocycles. The van der Waals surface area contributed by atoms with Crippen LogP contribution in [0.3, 0.4) is 0 Å². The van der Waals surface area contributed by atoms with Gasteiger partial charge in [-0.3, -0.25) is 0 Å². The molecule has 94 valence electrons. The van der Waals surface area contributed by atoms with Crippen molar-refractivity contribution in [2.75, 3.05) is 6.54 Å². The summed E-state index contributed by atoms with van der Waals surface area (Å²) in [5, 5.41) is 1.21. The number of aromatic nitrogens is 1. The molecule has 1 heterocycles. The van der Waals surface area contributed by atoms with Crippen molar-refractivity contribution in [3.8, 4) is 0 Å². The Morgan fingerprint density at radius 1 is 1.28 bits per heavy atom. The van der Waals surface area contributed by atoms with Crippen LogP contribution >= 0.6 is 27.7 Å². The molecule has 0 radical (unpaired) electrons. The fourth-order valence-electron chi connectivity index (χ4n) is 1.63. The molecule has 0 saturated heterocycles. The molecular weight excluding hydrogens is 308 g/mol. The summed E-state index contributed by atoms with van der Waals surface area (Å²) in [5.41, 5.74) is 8.38. The van der Waals surface area contributed by atoms with Crippen LogP contribution in [-0.4, -0.2) is 11.5 Å². The highest BCUT2D eigenvalue weighted by atomic mass is 79.9. The van der Waals surface area contributed by atoms with Gasteiger partial charge in [-0.15, -0.1) is 0 Å². The molecule has 0 spiro atoms. The van der Waals surface area contributed by atoms with Crippen LogP contribution in [-0.2, 0) is 0 Å². The van der Waals surface area contributed by atoms with Gasteiger partial charge in [0.2, 0.25) is 0 Å².